The van der Waals surface area contributed by atoms with E-state index in [0.717, 1.165) is 18.4 Å². The molecule has 3 nitrogen and oxygen atoms in total. The van der Waals surface area contributed by atoms with E-state index in [-0.39, 0.29) is 16.7 Å². The van der Waals surface area contributed by atoms with E-state index in [0.29, 0.717) is 24.0 Å². The van der Waals surface area contributed by atoms with Crippen molar-refractivity contribution in [3.8, 4) is 11.5 Å². The number of aromatic hydroxyl groups is 1. The van der Waals surface area contributed by atoms with Gasteiger partial charge in [-0.2, -0.15) is 0 Å². The fourth-order valence-electron chi connectivity index (χ4n) is 5.83. The lowest BCUT2D eigenvalue weighted by atomic mass is 9.49. The van der Waals surface area contributed by atoms with Crippen molar-refractivity contribution in [2.45, 2.75) is 71.1 Å². The normalized spacial score (nSPS) is 27.7. The van der Waals surface area contributed by atoms with E-state index in [1.165, 1.54) is 30.4 Å². The van der Waals surface area contributed by atoms with Gasteiger partial charge in [0, 0.05) is 23.7 Å². The third-order valence-corrected chi connectivity index (χ3v) is 6.85. The summed E-state index contributed by atoms with van der Waals surface area (Å²) in [6, 6.07) is 2.23. The quantitative estimate of drug-likeness (QED) is 0.816. The van der Waals surface area contributed by atoms with Crippen LogP contribution in [0, 0.1) is 11.3 Å². The molecule has 1 aromatic rings. The van der Waals surface area contributed by atoms with Gasteiger partial charge in [0.1, 0.15) is 0 Å². The first-order chi connectivity index (χ1) is 11.8. The molecule has 1 aromatic carbocycles. The molecular weight excluding hydrogens is 312 g/mol. The number of rotatable bonds is 4. The smallest absolute Gasteiger partial charge is 0.164 e. The lowest BCUT2D eigenvalue weighted by molar-refractivity contribution is -0.0193. The molecule has 0 saturated heterocycles. The molecule has 2 aliphatic carbocycles. The minimum Gasteiger partial charge on any atom is -0.504 e. The Hall–Kier alpha value is -1.22. The number of hydrogen-bond acceptors (Lipinski definition) is 3. The fraction of sp³-hybridized carbons (Fsp3) is 0.727. The summed E-state index contributed by atoms with van der Waals surface area (Å²) in [5.74, 6) is 1.86. The van der Waals surface area contributed by atoms with Crippen LogP contribution in [0.3, 0.4) is 0 Å². The van der Waals surface area contributed by atoms with Crippen LogP contribution in [-0.2, 0) is 16.6 Å². The van der Waals surface area contributed by atoms with E-state index >= 15 is 0 Å². The lowest BCUT2D eigenvalue weighted by Gasteiger charge is -2.55. The molecule has 3 rings (SSSR count). The van der Waals surface area contributed by atoms with Gasteiger partial charge in [0.2, 0.25) is 0 Å². The summed E-state index contributed by atoms with van der Waals surface area (Å²) in [5, 5.41) is 11.0. The molecule has 0 heterocycles. The Labute approximate surface area is 152 Å². The highest BCUT2D eigenvalue weighted by atomic mass is 16.5. The number of methoxy groups -OCH3 is 2. The van der Waals surface area contributed by atoms with Crippen molar-refractivity contribution in [1.29, 1.82) is 0 Å². The molecule has 0 spiro atoms. The maximum Gasteiger partial charge on any atom is 0.164 e. The molecule has 0 radical (unpaired) electrons. The van der Waals surface area contributed by atoms with Gasteiger partial charge in [-0.05, 0) is 48.5 Å². The van der Waals surface area contributed by atoms with Crippen LogP contribution >= 0.6 is 0 Å². The summed E-state index contributed by atoms with van der Waals surface area (Å²) < 4.78 is 11.6. The van der Waals surface area contributed by atoms with Crippen LogP contribution in [0.1, 0.15) is 76.0 Å². The predicted octanol–water partition coefficient (Wildman–Crippen LogP) is 5.18. The summed E-state index contributed by atoms with van der Waals surface area (Å²) in [7, 11) is 3.49. The average Bonchev–Trinajstić information content (AvgIpc) is 2.54. The van der Waals surface area contributed by atoms with Crippen LogP contribution in [0.5, 0.6) is 11.5 Å². The first kappa shape index (κ1) is 18.6. The Balaban J connectivity index is 2.28. The molecule has 1 N–H and O–H groups in total. The first-order valence-corrected chi connectivity index (χ1v) is 9.70. The van der Waals surface area contributed by atoms with Crippen molar-refractivity contribution in [3.63, 3.8) is 0 Å². The highest BCUT2D eigenvalue weighted by Gasteiger charge is 2.54. The molecule has 3 heteroatoms. The van der Waals surface area contributed by atoms with E-state index in [9.17, 15) is 5.11 Å². The highest BCUT2D eigenvalue weighted by molar-refractivity contribution is 5.60. The number of benzene rings is 1. The zero-order chi connectivity index (χ0) is 18.4. The summed E-state index contributed by atoms with van der Waals surface area (Å²) in [6.45, 7) is 9.76. The molecular formula is C22H34O3. The van der Waals surface area contributed by atoms with Gasteiger partial charge in [-0.25, -0.2) is 0 Å². The third-order valence-electron chi connectivity index (χ3n) is 6.85. The van der Waals surface area contributed by atoms with E-state index in [2.05, 4.69) is 33.8 Å². The van der Waals surface area contributed by atoms with E-state index in [1.807, 2.05) is 0 Å². The second kappa shape index (κ2) is 6.50. The Morgan fingerprint density at radius 3 is 2.56 bits per heavy atom. The topological polar surface area (TPSA) is 38.7 Å². The zero-order valence-corrected chi connectivity index (χ0v) is 16.7. The van der Waals surface area contributed by atoms with E-state index in [4.69, 9.17) is 9.47 Å². The largest absolute Gasteiger partial charge is 0.504 e. The van der Waals surface area contributed by atoms with Crippen molar-refractivity contribution >= 4 is 0 Å². The second-order valence-corrected chi connectivity index (χ2v) is 9.06. The highest BCUT2D eigenvalue weighted by Crippen LogP contribution is 2.60. The fourth-order valence-corrected chi connectivity index (χ4v) is 5.83. The predicted molar refractivity (Wildman–Crippen MR) is 102 cm³/mol. The molecule has 0 bridgehead atoms. The van der Waals surface area contributed by atoms with Crippen molar-refractivity contribution in [3.05, 3.63) is 22.8 Å². The third kappa shape index (κ3) is 2.75. The van der Waals surface area contributed by atoms with Crippen molar-refractivity contribution in [1.82, 2.24) is 0 Å². The molecule has 0 amide bonds. The minimum atomic E-state index is -0.0532. The Kier molecular flexibility index (Phi) is 4.83. The molecule has 1 fully saturated rings. The van der Waals surface area contributed by atoms with Crippen LogP contribution in [0.15, 0.2) is 6.07 Å². The zero-order valence-electron chi connectivity index (χ0n) is 16.7. The number of fused-ring (bicyclic) bond motifs is 3. The Morgan fingerprint density at radius 1 is 1.24 bits per heavy atom. The number of hydrogen-bond donors (Lipinski definition) is 1. The van der Waals surface area contributed by atoms with Crippen molar-refractivity contribution in [2.24, 2.45) is 11.3 Å². The van der Waals surface area contributed by atoms with Gasteiger partial charge in [0.25, 0.3) is 0 Å². The molecule has 1 saturated carbocycles. The molecule has 0 aromatic heterocycles. The Bertz CT molecular complexity index is 643. The summed E-state index contributed by atoms with van der Waals surface area (Å²) in [5.41, 5.74) is 3.80. The second-order valence-electron chi connectivity index (χ2n) is 9.06. The van der Waals surface area contributed by atoms with Crippen LogP contribution in [-0.4, -0.2) is 25.9 Å². The molecule has 25 heavy (non-hydrogen) atoms. The van der Waals surface area contributed by atoms with Crippen LogP contribution in [0.2, 0.25) is 0 Å². The van der Waals surface area contributed by atoms with E-state index < -0.39 is 0 Å². The van der Waals surface area contributed by atoms with Crippen molar-refractivity contribution < 1.29 is 14.6 Å². The molecule has 2 atom stereocenters. The van der Waals surface area contributed by atoms with Crippen LogP contribution in [0.4, 0.5) is 0 Å². The van der Waals surface area contributed by atoms with Crippen molar-refractivity contribution in [2.75, 3.05) is 20.8 Å². The molecule has 2 aliphatic rings. The van der Waals surface area contributed by atoms with Gasteiger partial charge in [-0.3, -0.25) is 0 Å². The SMILES string of the molecule is COC[C@]12CCCC(C)(C)[C@@H]1CCc1cc(C(C)C)c(O)c(OC)c12. The van der Waals surface area contributed by atoms with Gasteiger partial charge in [-0.1, -0.05) is 40.2 Å². The molecule has 0 aliphatic heterocycles. The van der Waals surface area contributed by atoms with Gasteiger partial charge < -0.3 is 14.6 Å². The molecule has 0 unspecified atom stereocenters. The van der Waals surface area contributed by atoms with Gasteiger partial charge in [0.15, 0.2) is 11.5 Å². The van der Waals surface area contributed by atoms with Gasteiger partial charge in [-0.15, -0.1) is 0 Å². The monoisotopic (exact) mass is 346 g/mol. The average molecular weight is 347 g/mol. The minimum absolute atomic E-state index is 0.0532. The molecule has 140 valence electrons. The van der Waals surface area contributed by atoms with E-state index in [1.54, 1.807) is 14.2 Å². The number of aryl methyl sites for hydroxylation is 1. The number of ether oxygens (including phenoxy) is 2. The maximum atomic E-state index is 11.0. The standard InChI is InChI=1S/C22H34O3/c1-14(2)16-12-15-8-9-17-21(3,4)10-7-11-22(17,13-24-5)18(15)20(25-6)19(16)23/h12,14,17,23H,7-11,13H2,1-6H3/t17-,22+/m0/s1. The number of phenolic OH excluding ortho intramolecular Hbond substituents is 1. The Morgan fingerprint density at radius 2 is 1.96 bits per heavy atom. The first-order valence-electron chi connectivity index (χ1n) is 9.70. The maximum absolute atomic E-state index is 11.0. The summed E-state index contributed by atoms with van der Waals surface area (Å²) in [4.78, 5) is 0. The van der Waals surface area contributed by atoms with Crippen LogP contribution in [0.25, 0.3) is 0 Å². The number of phenols is 1. The van der Waals surface area contributed by atoms with Crippen LogP contribution < -0.4 is 4.74 Å². The summed E-state index contributed by atoms with van der Waals surface area (Å²) >= 11 is 0. The lowest BCUT2D eigenvalue weighted by Crippen LogP contribution is -2.52. The van der Waals surface area contributed by atoms with Gasteiger partial charge >= 0.3 is 0 Å². The summed E-state index contributed by atoms with van der Waals surface area (Å²) in [6.07, 6.45) is 5.82. The van der Waals surface area contributed by atoms with Gasteiger partial charge in [0.05, 0.1) is 13.7 Å².